The highest BCUT2D eigenvalue weighted by Gasteiger charge is 2.18. The fourth-order valence-electron chi connectivity index (χ4n) is 2.61. The molecule has 32 heavy (non-hydrogen) atoms. The third kappa shape index (κ3) is 5.84. The van der Waals surface area contributed by atoms with Gasteiger partial charge >= 0.3 is 10.1 Å². The molecule has 3 rings (SSSR count). The van der Waals surface area contributed by atoms with Crippen molar-refractivity contribution >= 4 is 15.9 Å². The number of benzene rings is 1. The molecule has 2 aromatic heterocycles. The minimum atomic E-state index is -4.06. The molecule has 2 heterocycles. The van der Waals surface area contributed by atoms with Crippen molar-refractivity contribution < 1.29 is 22.1 Å². The van der Waals surface area contributed by atoms with Crippen molar-refractivity contribution in [2.45, 2.75) is 6.42 Å². The first-order valence-corrected chi connectivity index (χ1v) is 11.0. The van der Waals surface area contributed by atoms with Crippen LogP contribution in [0.5, 0.6) is 17.4 Å². The summed E-state index contributed by atoms with van der Waals surface area (Å²) in [4.78, 5) is 7.43. The standard InChI is InChI=1S/C19H21N7O5S/c1-29-15-4-2-5-16(30-7-3-6-20)19(15)14-8-17(26-25-14)24-12-32(27,28)31-18-11-22-13(9-21)10-23-18/h2,4-5,8,10-11H,3,6-7,12,20H2,1H3,(H2,24,25,26). The van der Waals surface area contributed by atoms with Gasteiger partial charge in [-0.05, 0) is 25.1 Å². The van der Waals surface area contributed by atoms with Crippen LogP contribution in [0.2, 0.25) is 0 Å². The number of H-pyrrole nitrogens is 1. The van der Waals surface area contributed by atoms with Crippen LogP contribution in [0.25, 0.3) is 11.3 Å². The number of rotatable bonds is 11. The number of hydrogen-bond donors (Lipinski definition) is 3. The molecule has 0 aliphatic heterocycles. The fraction of sp³-hybridized carbons (Fsp3) is 0.263. The number of nitriles is 1. The maximum absolute atomic E-state index is 12.2. The predicted molar refractivity (Wildman–Crippen MR) is 115 cm³/mol. The number of nitrogens with two attached hydrogens (primary N) is 1. The first-order valence-electron chi connectivity index (χ1n) is 9.39. The van der Waals surface area contributed by atoms with Crippen LogP contribution in [0.15, 0.2) is 36.7 Å². The molecule has 1 aromatic carbocycles. The maximum Gasteiger partial charge on any atom is 0.329 e. The van der Waals surface area contributed by atoms with Gasteiger partial charge in [0.25, 0.3) is 5.88 Å². The number of hydrogen-bond acceptors (Lipinski definition) is 11. The Morgan fingerprint density at radius 1 is 1.25 bits per heavy atom. The zero-order chi connectivity index (χ0) is 23.0. The molecular formula is C19H21N7O5S. The predicted octanol–water partition coefficient (Wildman–Crippen LogP) is 1.25. The lowest BCUT2D eigenvalue weighted by Crippen LogP contribution is -2.20. The van der Waals surface area contributed by atoms with Crippen molar-refractivity contribution in [1.29, 1.82) is 5.26 Å². The minimum absolute atomic E-state index is 0.0413. The molecule has 12 nitrogen and oxygen atoms in total. The molecule has 0 saturated heterocycles. The highest BCUT2D eigenvalue weighted by Crippen LogP contribution is 2.38. The summed E-state index contributed by atoms with van der Waals surface area (Å²) in [6.45, 7) is 0.936. The van der Waals surface area contributed by atoms with Gasteiger partial charge in [-0.15, -0.1) is 0 Å². The van der Waals surface area contributed by atoms with Gasteiger partial charge in [-0.1, -0.05) is 6.07 Å². The minimum Gasteiger partial charge on any atom is -0.496 e. The van der Waals surface area contributed by atoms with Crippen LogP contribution in [0.1, 0.15) is 12.1 Å². The molecule has 0 aliphatic carbocycles. The molecule has 0 fully saturated rings. The van der Waals surface area contributed by atoms with Crippen LogP contribution < -0.4 is 24.7 Å². The molecule has 0 atom stereocenters. The van der Waals surface area contributed by atoms with Crippen LogP contribution >= 0.6 is 0 Å². The van der Waals surface area contributed by atoms with E-state index >= 15 is 0 Å². The Morgan fingerprint density at radius 3 is 2.75 bits per heavy atom. The van der Waals surface area contributed by atoms with E-state index in [1.165, 1.54) is 7.11 Å². The van der Waals surface area contributed by atoms with Crippen molar-refractivity contribution in [2.24, 2.45) is 5.73 Å². The van der Waals surface area contributed by atoms with Gasteiger partial charge in [0, 0.05) is 6.07 Å². The summed E-state index contributed by atoms with van der Waals surface area (Å²) in [7, 11) is -2.52. The van der Waals surface area contributed by atoms with E-state index in [0.717, 1.165) is 12.4 Å². The molecule has 0 radical (unpaired) electrons. The summed E-state index contributed by atoms with van der Waals surface area (Å²) in [5.74, 6) is 0.563. The third-order valence-electron chi connectivity index (χ3n) is 4.05. The SMILES string of the molecule is COc1cccc(OCCCN)c1-c1cc(NCS(=O)(=O)Oc2cnc(C#N)cn2)n[nH]1. The van der Waals surface area contributed by atoms with Gasteiger partial charge in [0.2, 0.25) is 0 Å². The lowest BCUT2D eigenvalue weighted by atomic mass is 10.1. The number of methoxy groups -OCH3 is 1. The van der Waals surface area contributed by atoms with E-state index in [2.05, 4.69) is 25.5 Å². The maximum atomic E-state index is 12.2. The van der Waals surface area contributed by atoms with Crippen molar-refractivity contribution in [3.8, 4) is 34.7 Å². The van der Waals surface area contributed by atoms with Crippen molar-refractivity contribution in [2.75, 3.05) is 31.5 Å². The largest absolute Gasteiger partial charge is 0.496 e. The lowest BCUT2D eigenvalue weighted by Gasteiger charge is -2.13. The van der Waals surface area contributed by atoms with Crippen molar-refractivity contribution in [3.05, 3.63) is 42.4 Å². The van der Waals surface area contributed by atoms with E-state index in [9.17, 15) is 8.42 Å². The average Bonchev–Trinajstić information content (AvgIpc) is 3.27. The fourth-order valence-corrected chi connectivity index (χ4v) is 3.34. The van der Waals surface area contributed by atoms with Gasteiger partial charge in [0.1, 0.15) is 23.4 Å². The normalized spacial score (nSPS) is 10.9. The smallest absolute Gasteiger partial charge is 0.329 e. The Kier molecular flexibility index (Phi) is 7.42. The van der Waals surface area contributed by atoms with Crippen LogP contribution in [0, 0.1) is 11.3 Å². The van der Waals surface area contributed by atoms with Crippen LogP contribution in [-0.4, -0.2) is 54.7 Å². The summed E-state index contributed by atoms with van der Waals surface area (Å²) < 4.78 is 40.5. The second-order valence-electron chi connectivity index (χ2n) is 6.30. The van der Waals surface area contributed by atoms with E-state index in [1.807, 2.05) is 0 Å². The Morgan fingerprint density at radius 2 is 2.06 bits per heavy atom. The Balaban J connectivity index is 1.71. The number of ether oxygens (including phenoxy) is 2. The Labute approximate surface area is 184 Å². The summed E-state index contributed by atoms with van der Waals surface area (Å²) in [5.41, 5.74) is 6.76. The highest BCUT2D eigenvalue weighted by atomic mass is 32.2. The first kappa shape index (κ1) is 22.8. The molecule has 0 saturated carbocycles. The second-order valence-corrected chi connectivity index (χ2v) is 7.88. The van der Waals surface area contributed by atoms with Crippen LogP contribution in [-0.2, 0) is 10.1 Å². The number of anilines is 1. The quantitative estimate of drug-likeness (QED) is 0.277. The average molecular weight is 459 g/mol. The zero-order valence-corrected chi connectivity index (χ0v) is 17.9. The van der Waals surface area contributed by atoms with E-state index in [4.69, 9.17) is 24.7 Å². The van der Waals surface area contributed by atoms with E-state index < -0.39 is 16.0 Å². The van der Waals surface area contributed by atoms with Crippen molar-refractivity contribution in [1.82, 2.24) is 20.2 Å². The molecular weight excluding hydrogens is 438 g/mol. The van der Waals surface area contributed by atoms with Gasteiger partial charge in [0.05, 0.1) is 37.4 Å². The van der Waals surface area contributed by atoms with E-state index in [0.29, 0.717) is 42.3 Å². The van der Waals surface area contributed by atoms with Gasteiger partial charge in [-0.2, -0.15) is 18.8 Å². The molecule has 0 unspecified atom stereocenters. The number of nitrogens with one attached hydrogen (secondary N) is 2. The summed E-state index contributed by atoms with van der Waals surface area (Å²) >= 11 is 0. The molecule has 4 N–H and O–H groups in total. The Hall–Kier alpha value is -3.89. The topological polar surface area (TPSA) is 178 Å². The lowest BCUT2D eigenvalue weighted by molar-refractivity contribution is 0.312. The monoisotopic (exact) mass is 459 g/mol. The van der Waals surface area contributed by atoms with Crippen LogP contribution in [0.3, 0.4) is 0 Å². The molecule has 168 valence electrons. The van der Waals surface area contributed by atoms with E-state index in [-0.39, 0.29) is 17.4 Å². The third-order valence-corrected chi connectivity index (χ3v) is 4.97. The molecule has 0 amide bonds. The number of nitrogens with zero attached hydrogens (tertiary/aromatic N) is 4. The highest BCUT2D eigenvalue weighted by molar-refractivity contribution is 7.87. The molecule has 0 spiro atoms. The molecule has 3 aromatic rings. The molecule has 0 bridgehead atoms. The van der Waals surface area contributed by atoms with Crippen molar-refractivity contribution in [3.63, 3.8) is 0 Å². The zero-order valence-electron chi connectivity index (χ0n) is 17.1. The molecule has 0 aliphatic rings. The first-order chi connectivity index (χ1) is 15.5. The van der Waals surface area contributed by atoms with Gasteiger partial charge < -0.3 is 24.7 Å². The number of aromatic amines is 1. The summed E-state index contributed by atoms with van der Waals surface area (Å²) in [6, 6.07) is 8.76. The number of aromatic nitrogens is 4. The van der Waals surface area contributed by atoms with E-state index in [1.54, 1.807) is 30.3 Å². The van der Waals surface area contributed by atoms with Gasteiger partial charge in [0.15, 0.2) is 11.6 Å². The van der Waals surface area contributed by atoms with Gasteiger partial charge in [-0.25, -0.2) is 9.97 Å². The second kappa shape index (κ2) is 10.4. The summed E-state index contributed by atoms with van der Waals surface area (Å²) in [5, 5.41) is 18.3. The molecule has 13 heteroatoms. The summed E-state index contributed by atoms with van der Waals surface area (Å²) in [6.07, 6.45) is 2.85. The van der Waals surface area contributed by atoms with Gasteiger partial charge in [-0.3, -0.25) is 5.10 Å². The Bertz CT molecular complexity index is 1190. The van der Waals surface area contributed by atoms with Crippen LogP contribution in [0.4, 0.5) is 5.82 Å².